The monoisotopic (exact) mass is 2430 g/mol. The van der Waals surface area contributed by atoms with E-state index in [4.69, 9.17) is 26.6 Å². The van der Waals surface area contributed by atoms with E-state index in [1.807, 2.05) is 531 Å². The molecule has 0 aromatic rings. The largest absolute Gasteiger partial charge is 0.301 e. The van der Waals surface area contributed by atoms with Crippen molar-refractivity contribution in [1.29, 1.82) is 0 Å². The van der Waals surface area contributed by atoms with Crippen LogP contribution < -0.4 is 0 Å². The molecule has 0 radical (unpaired) electrons. The fraction of sp³-hybridized carbons (Fsp3) is 1.00. The summed E-state index contributed by atoms with van der Waals surface area (Å²) in [7, 11) is 126. The molecule has 0 saturated carbocycles. The SMILES string of the molecule is CCCOS(=S)(=S)SSSSSSSSSSSSSSSSSSSSSSSSSSSSSSSSSSSSSSSSSSSSSSSSSSSSSSSSSSSSSSSSSSSSSSS. The van der Waals surface area contributed by atoms with Crippen LogP contribution in [-0.4, -0.2) is 6.61 Å². The molecule has 470 valence electrons. The van der Waals surface area contributed by atoms with Crippen LogP contribution >= 0.6 is 699 Å². The second-order valence-corrected chi connectivity index (χ2v) is 137. The van der Waals surface area contributed by atoms with E-state index in [-0.39, 0.29) is 0 Å². The molecule has 78 heavy (non-hydrogen) atoms. The Bertz CT molecular complexity index is 1140. The van der Waals surface area contributed by atoms with E-state index < -0.39 is 6.46 Å². The first kappa shape index (κ1) is 104. The Labute approximate surface area is 731 Å². The normalized spacial score (nSPS) is 12.0. The average Bonchev–Trinajstić information content (AvgIpc) is 3.44. The lowest BCUT2D eigenvalue weighted by Crippen LogP contribution is -1.96. The minimum absolute atomic E-state index is 0.648. The summed E-state index contributed by atoms with van der Waals surface area (Å²) in [6, 6.07) is 0. The Kier molecular flexibility index (Phi) is 129. The summed E-state index contributed by atoms with van der Waals surface area (Å²) < 4.78 is 5.56. The van der Waals surface area contributed by atoms with Crippen LogP contribution in [0.4, 0.5) is 0 Å². The van der Waals surface area contributed by atoms with Crippen molar-refractivity contribution in [2.24, 2.45) is 0 Å². The third kappa shape index (κ3) is 97.7. The van der Waals surface area contributed by atoms with Crippen molar-refractivity contribution in [3.63, 3.8) is 0 Å². The molecule has 0 aliphatic carbocycles. The van der Waals surface area contributed by atoms with Crippen molar-refractivity contribution >= 4 is 728 Å². The summed E-state index contributed by atoms with van der Waals surface area (Å²) in [5.41, 5.74) is 0. The fourth-order valence-electron chi connectivity index (χ4n) is 1.01. The Morgan fingerprint density at radius 2 is 0.333 bits per heavy atom. The maximum Gasteiger partial charge on any atom is 0.0820 e. The van der Waals surface area contributed by atoms with Gasteiger partial charge in [0.05, 0.1) is 13.1 Å². The van der Waals surface area contributed by atoms with Gasteiger partial charge in [-0.3, -0.25) is 0 Å². The predicted octanol–water partition coefficient (Wildman–Crippen LogP) is 46.6. The highest BCUT2D eigenvalue weighted by atomic mass is 34.1. The summed E-state index contributed by atoms with van der Waals surface area (Å²) in [4.78, 5) is 0. The smallest absolute Gasteiger partial charge is 0.0820 e. The highest BCUT2D eigenvalue weighted by molar-refractivity contribution is 9.65. The molecule has 0 amide bonds. The van der Waals surface area contributed by atoms with Gasteiger partial charge in [0.25, 0.3) is 0 Å². The van der Waals surface area contributed by atoms with E-state index in [1.165, 1.54) is 19.7 Å². The summed E-state index contributed by atoms with van der Waals surface area (Å²) in [5, 5.41) is 0. The Morgan fingerprint density at radius 1 is 0.218 bits per heavy atom. The molecule has 1 nitrogen and oxygen atoms in total. The van der Waals surface area contributed by atoms with Gasteiger partial charge in [-0.25, -0.2) is 0 Å². The Balaban J connectivity index is 3.10. The summed E-state index contributed by atoms with van der Waals surface area (Å²) in [6.45, 7) is 0.886. The fourth-order valence-corrected chi connectivity index (χ4v) is 196. The molecule has 75 heteroatoms. The number of hydrogen-bond acceptors (Lipinski definition) is 74. The molecular formula is C3H8OS74. The molecular weight excluding hydrogens is 2420 g/mol. The average molecular weight is 2430 g/mol. The van der Waals surface area contributed by atoms with Gasteiger partial charge < -0.3 is 4.18 Å². The molecule has 0 aromatic carbocycles. The van der Waals surface area contributed by atoms with Crippen LogP contribution in [0.5, 0.6) is 0 Å². The van der Waals surface area contributed by atoms with E-state index in [9.17, 15) is 0 Å². The molecule has 0 bridgehead atoms. The van der Waals surface area contributed by atoms with Crippen molar-refractivity contribution in [3.05, 3.63) is 0 Å². The number of rotatable bonds is 73. The lowest BCUT2D eigenvalue weighted by atomic mass is 10.5. The molecule has 0 fully saturated rings. The summed E-state index contributed by atoms with van der Waals surface area (Å²) >= 11 is 14.8. The Hall–Kier alpha value is 25.6. The molecule has 0 aliphatic rings. The molecule has 0 heterocycles. The molecule has 0 N–H and O–H groups in total. The van der Waals surface area contributed by atoms with Gasteiger partial charge in [-0.05, 0) is 107 Å². The summed E-state index contributed by atoms with van der Waals surface area (Å²) in [5.74, 6) is 0. The van der Waals surface area contributed by atoms with Crippen molar-refractivity contribution < 1.29 is 4.18 Å². The van der Waals surface area contributed by atoms with E-state index in [0.717, 1.165) is 6.42 Å². The van der Waals surface area contributed by atoms with Gasteiger partial charge in [-0.1, -0.05) is 18.6 Å². The van der Waals surface area contributed by atoms with Crippen LogP contribution in [0.3, 0.4) is 0 Å². The van der Waals surface area contributed by atoms with Gasteiger partial charge in [0, 0.05) is 609 Å². The van der Waals surface area contributed by atoms with E-state index in [1.54, 1.807) is 138 Å². The molecule has 0 aromatic heterocycles. The second-order valence-electron chi connectivity index (χ2n) is 6.00. The maximum atomic E-state index is 5.56. The highest BCUT2D eigenvalue weighted by Crippen LogP contribution is 2.71. The predicted molar refractivity (Wildman–Crippen MR) is 579 cm³/mol. The van der Waals surface area contributed by atoms with Crippen molar-refractivity contribution in [2.75, 3.05) is 6.61 Å². The van der Waals surface area contributed by atoms with Crippen LogP contribution in [0, 0.1) is 0 Å². The zero-order chi connectivity index (χ0) is 56.1. The molecule has 0 unspecified atom stereocenters. The zero-order valence-corrected chi connectivity index (χ0v) is 93.6. The van der Waals surface area contributed by atoms with Gasteiger partial charge in [-0.2, -0.15) is 0 Å². The molecule has 0 saturated heterocycles. The van der Waals surface area contributed by atoms with Crippen LogP contribution in [0.1, 0.15) is 13.3 Å². The zero-order valence-electron chi connectivity index (χ0n) is 33.1. The minimum Gasteiger partial charge on any atom is -0.301 e. The van der Waals surface area contributed by atoms with E-state index in [0.29, 0.717) is 6.61 Å². The van der Waals surface area contributed by atoms with Gasteiger partial charge in [-0.15, -0.1) is 0 Å². The quantitative estimate of drug-likeness (QED) is 0.0352. The third-order valence-electron chi connectivity index (χ3n) is 2.43. The highest BCUT2D eigenvalue weighted by Gasteiger charge is 2.08. The van der Waals surface area contributed by atoms with Gasteiger partial charge in [0.1, 0.15) is 0 Å². The first-order chi connectivity index (χ1) is 38.6. The maximum absolute atomic E-state index is 5.56. The second kappa shape index (κ2) is 96.8. The standard InChI is InChI=1S/C3H8OS74/c1-2-3-4-78(6,7)77-76-75-74-73-72-71-70-69-68-67-66-65-64-63-62-61-60-59-58-57-56-55-54-53-52-51-50-49-48-47-46-45-44-43-42-41-40-39-38-37-36-35-34-33-32-31-30-29-28-27-26-25-24-23-22-21-20-19-18-17-16-15-14-13-12-11-10-9-8-5/h5H,2-3H2,1H3. The molecule has 0 rings (SSSR count). The lowest BCUT2D eigenvalue weighted by molar-refractivity contribution is 0.374. The first-order valence-electron chi connectivity index (χ1n) is 13.8. The van der Waals surface area contributed by atoms with Crippen molar-refractivity contribution in [2.45, 2.75) is 13.3 Å². The number of hydrogen-bond donors (Lipinski definition) is 1. The van der Waals surface area contributed by atoms with Gasteiger partial charge in [0.15, 0.2) is 0 Å². The molecule has 0 aliphatic heterocycles. The summed E-state index contributed by atoms with van der Waals surface area (Å²) in [6.07, 6.45) is 0.946. The molecule has 0 spiro atoms. The van der Waals surface area contributed by atoms with Crippen LogP contribution in [0.2, 0.25) is 0 Å². The van der Waals surface area contributed by atoms with Gasteiger partial charge >= 0.3 is 0 Å². The first-order valence-corrected chi connectivity index (χ1v) is 112. The topological polar surface area (TPSA) is 9.23 Å². The van der Waals surface area contributed by atoms with Crippen molar-refractivity contribution in [1.82, 2.24) is 0 Å². The Morgan fingerprint density at radius 3 is 0.449 bits per heavy atom. The lowest BCUT2D eigenvalue weighted by Gasteiger charge is -2.07. The molecule has 0 atom stereocenters. The number of thiol groups is 1. The van der Waals surface area contributed by atoms with Crippen molar-refractivity contribution in [3.8, 4) is 0 Å². The van der Waals surface area contributed by atoms with Crippen LogP contribution in [0.15, 0.2) is 0 Å². The van der Waals surface area contributed by atoms with E-state index >= 15 is 0 Å². The van der Waals surface area contributed by atoms with Gasteiger partial charge in [0.2, 0.25) is 0 Å². The van der Waals surface area contributed by atoms with E-state index in [2.05, 4.69) is 18.6 Å². The third-order valence-corrected chi connectivity index (χ3v) is 162. The van der Waals surface area contributed by atoms with Crippen LogP contribution in [0.25, 0.3) is 0 Å². The van der Waals surface area contributed by atoms with Crippen LogP contribution in [-0.2, 0) is 33.0 Å². The minimum atomic E-state index is -1.83.